The summed E-state index contributed by atoms with van der Waals surface area (Å²) in [6.07, 6.45) is -3.12. The highest BCUT2D eigenvalue weighted by atomic mass is 19.4. The molecule has 17 heavy (non-hydrogen) atoms. The summed E-state index contributed by atoms with van der Waals surface area (Å²) in [5, 5.41) is 3.04. The van der Waals surface area contributed by atoms with Gasteiger partial charge in [0.15, 0.2) is 0 Å². The molecule has 0 amide bonds. The van der Waals surface area contributed by atoms with E-state index < -0.39 is 12.6 Å². The Kier molecular flexibility index (Phi) is 10.6. The lowest BCUT2D eigenvalue weighted by molar-refractivity contribution is -0.135. The highest BCUT2D eigenvalue weighted by Crippen LogP contribution is 2.21. The zero-order chi connectivity index (χ0) is 13.0. The van der Waals surface area contributed by atoms with Gasteiger partial charge < -0.3 is 14.8 Å². The van der Waals surface area contributed by atoms with Crippen molar-refractivity contribution < 1.29 is 22.6 Å². The van der Waals surface area contributed by atoms with Crippen molar-refractivity contribution in [2.75, 3.05) is 40.0 Å². The van der Waals surface area contributed by atoms with Crippen LogP contribution in [0.2, 0.25) is 0 Å². The van der Waals surface area contributed by atoms with E-state index in [2.05, 4.69) is 5.32 Å². The highest BCUT2D eigenvalue weighted by Gasteiger charge is 2.25. The largest absolute Gasteiger partial charge is 0.389 e. The predicted molar refractivity (Wildman–Crippen MR) is 60.1 cm³/mol. The molecule has 0 aromatic carbocycles. The molecule has 0 aliphatic heterocycles. The van der Waals surface area contributed by atoms with Gasteiger partial charge in [0.05, 0.1) is 6.61 Å². The van der Waals surface area contributed by atoms with Crippen molar-refractivity contribution in [2.45, 2.75) is 31.9 Å². The molecule has 0 heterocycles. The molecule has 0 fully saturated rings. The quantitative estimate of drug-likeness (QED) is 0.576. The van der Waals surface area contributed by atoms with Crippen molar-refractivity contribution in [1.29, 1.82) is 0 Å². The fourth-order valence-corrected chi connectivity index (χ4v) is 1.25. The molecule has 0 atom stereocenters. The lowest BCUT2D eigenvalue weighted by Crippen LogP contribution is -2.21. The van der Waals surface area contributed by atoms with Crippen molar-refractivity contribution in [1.82, 2.24) is 5.32 Å². The molecule has 6 heteroatoms. The van der Waals surface area contributed by atoms with E-state index in [0.717, 1.165) is 6.42 Å². The van der Waals surface area contributed by atoms with Crippen LogP contribution in [0.3, 0.4) is 0 Å². The van der Waals surface area contributed by atoms with Crippen LogP contribution in [0.5, 0.6) is 0 Å². The van der Waals surface area contributed by atoms with Gasteiger partial charge in [-0.1, -0.05) is 0 Å². The van der Waals surface area contributed by atoms with Crippen molar-refractivity contribution in [3.63, 3.8) is 0 Å². The van der Waals surface area contributed by atoms with Crippen LogP contribution >= 0.6 is 0 Å². The second-order valence-electron chi connectivity index (χ2n) is 3.78. The molecule has 0 unspecified atom stereocenters. The van der Waals surface area contributed by atoms with Gasteiger partial charge in [-0.05, 0) is 25.8 Å². The van der Waals surface area contributed by atoms with Crippen molar-refractivity contribution >= 4 is 0 Å². The molecule has 0 aliphatic carbocycles. The average molecular weight is 257 g/mol. The summed E-state index contributed by atoms with van der Waals surface area (Å²) in [5.74, 6) is 0. The topological polar surface area (TPSA) is 30.5 Å². The van der Waals surface area contributed by atoms with Gasteiger partial charge in [-0.15, -0.1) is 0 Å². The summed E-state index contributed by atoms with van der Waals surface area (Å²) in [7, 11) is 1.64. The minimum Gasteiger partial charge on any atom is -0.385 e. The van der Waals surface area contributed by atoms with Gasteiger partial charge in [0.25, 0.3) is 0 Å². The van der Waals surface area contributed by atoms with Crippen LogP contribution in [-0.4, -0.2) is 46.2 Å². The number of methoxy groups -OCH3 is 1. The third kappa shape index (κ3) is 15.7. The summed E-state index contributed by atoms with van der Waals surface area (Å²) in [6, 6.07) is 0. The lowest BCUT2D eigenvalue weighted by Gasteiger charge is -2.07. The van der Waals surface area contributed by atoms with E-state index in [1.54, 1.807) is 7.11 Å². The van der Waals surface area contributed by atoms with E-state index >= 15 is 0 Å². The van der Waals surface area contributed by atoms with Gasteiger partial charge in [-0.25, -0.2) is 0 Å². The first kappa shape index (κ1) is 16.7. The van der Waals surface area contributed by atoms with Crippen LogP contribution in [-0.2, 0) is 9.47 Å². The third-order valence-corrected chi connectivity index (χ3v) is 2.12. The third-order valence-electron chi connectivity index (χ3n) is 2.12. The first-order valence-electron chi connectivity index (χ1n) is 5.90. The molecule has 0 aliphatic rings. The van der Waals surface area contributed by atoms with Gasteiger partial charge in [-0.2, -0.15) is 13.2 Å². The zero-order valence-corrected chi connectivity index (χ0v) is 10.3. The Hall–Kier alpha value is -0.330. The van der Waals surface area contributed by atoms with Gasteiger partial charge >= 0.3 is 6.18 Å². The maximum absolute atomic E-state index is 11.8. The molecule has 0 spiro atoms. The number of halogens is 3. The number of unbranched alkanes of at least 4 members (excludes halogenated alkanes) is 1. The Bertz CT molecular complexity index is 165. The van der Waals surface area contributed by atoms with Crippen LogP contribution < -0.4 is 5.32 Å². The summed E-state index contributed by atoms with van der Waals surface area (Å²) < 4.78 is 45.5. The molecule has 0 radical (unpaired) electrons. The van der Waals surface area contributed by atoms with E-state index in [1.807, 2.05) is 0 Å². The van der Waals surface area contributed by atoms with Crippen molar-refractivity contribution in [3.8, 4) is 0 Å². The normalized spacial score (nSPS) is 12.0. The first-order chi connectivity index (χ1) is 8.06. The fraction of sp³-hybridized carbons (Fsp3) is 1.00. The molecule has 0 saturated heterocycles. The molecule has 0 rings (SSSR count). The molecule has 1 N–H and O–H groups in total. The second kappa shape index (κ2) is 10.8. The predicted octanol–water partition coefficient (Wildman–Crippen LogP) is 2.36. The lowest BCUT2D eigenvalue weighted by atomic mass is 10.2. The van der Waals surface area contributed by atoms with Gasteiger partial charge in [0.1, 0.15) is 0 Å². The Morgan fingerprint density at radius 2 is 1.71 bits per heavy atom. The summed E-state index contributed by atoms with van der Waals surface area (Å²) in [4.78, 5) is 0. The Morgan fingerprint density at radius 1 is 0.941 bits per heavy atom. The molecular formula is C11H22F3NO2. The van der Waals surface area contributed by atoms with Crippen LogP contribution in [0, 0.1) is 0 Å². The number of nitrogens with one attached hydrogen (secondary N) is 1. The van der Waals surface area contributed by atoms with Crippen LogP contribution in [0.15, 0.2) is 0 Å². The monoisotopic (exact) mass is 257 g/mol. The molecule has 0 aromatic rings. The summed E-state index contributed by atoms with van der Waals surface area (Å²) in [5.41, 5.74) is 0. The van der Waals surface area contributed by atoms with E-state index in [9.17, 15) is 13.2 Å². The van der Waals surface area contributed by atoms with Gasteiger partial charge in [-0.3, -0.25) is 0 Å². The smallest absolute Gasteiger partial charge is 0.385 e. The SMILES string of the molecule is COCCCOCCNCCCCC(F)(F)F. The number of ether oxygens (including phenoxy) is 2. The number of hydrogen-bond acceptors (Lipinski definition) is 3. The van der Waals surface area contributed by atoms with Crippen molar-refractivity contribution in [2.24, 2.45) is 0 Å². The average Bonchev–Trinajstić information content (AvgIpc) is 2.24. The molecular weight excluding hydrogens is 235 g/mol. The second-order valence-corrected chi connectivity index (χ2v) is 3.78. The minimum absolute atomic E-state index is 0.186. The number of hydrogen-bond donors (Lipinski definition) is 1. The van der Waals surface area contributed by atoms with Crippen LogP contribution in [0.1, 0.15) is 25.7 Å². The maximum Gasteiger partial charge on any atom is 0.389 e. The standard InChI is InChI=1S/C11H22F3NO2/c1-16-8-4-9-17-10-7-15-6-3-2-5-11(12,13)14/h15H,2-10H2,1H3. The summed E-state index contributed by atoms with van der Waals surface area (Å²) in [6.45, 7) is 3.22. The highest BCUT2D eigenvalue weighted by molar-refractivity contribution is 4.53. The molecule has 3 nitrogen and oxygen atoms in total. The Balaban J connectivity index is 2.99. The summed E-state index contributed by atoms with van der Waals surface area (Å²) >= 11 is 0. The van der Waals surface area contributed by atoms with E-state index in [0.29, 0.717) is 39.3 Å². The Labute approximate surface area is 101 Å². The van der Waals surface area contributed by atoms with E-state index in [1.165, 1.54) is 0 Å². The van der Waals surface area contributed by atoms with Crippen molar-refractivity contribution in [3.05, 3.63) is 0 Å². The van der Waals surface area contributed by atoms with E-state index in [4.69, 9.17) is 9.47 Å². The molecule has 0 aromatic heterocycles. The zero-order valence-electron chi connectivity index (χ0n) is 10.3. The first-order valence-corrected chi connectivity index (χ1v) is 5.90. The Morgan fingerprint density at radius 3 is 2.35 bits per heavy atom. The number of rotatable bonds is 11. The van der Waals surface area contributed by atoms with Crippen LogP contribution in [0.4, 0.5) is 13.2 Å². The minimum atomic E-state index is -4.02. The molecule has 104 valence electrons. The fourth-order valence-electron chi connectivity index (χ4n) is 1.25. The molecule has 0 saturated carbocycles. The van der Waals surface area contributed by atoms with Crippen LogP contribution in [0.25, 0.3) is 0 Å². The van der Waals surface area contributed by atoms with E-state index in [-0.39, 0.29) is 6.42 Å². The maximum atomic E-state index is 11.8. The van der Waals surface area contributed by atoms with Gasteiger partial charge in [0.2, 0.25) is 0 Å². The van der Waals surface area contributed by atoms with Gasteiger partial charge in [0, 0.05) is 33.3 Å². The number of alkyl halides is 3. The molecule has 0 bridgehead atoms.